The summed E-state index contributed by atoms with van der Waals surface area (Å²) in [6.07, 6.45) is 0. The van der Waals surface area contributed by atoms with Gasteiger partial charge in [0.05, 0.1) is 18.0 Å². The number of para-hydroxylation sites is 2. The summed E-state index contributed by atoms with van der Waals surface area (Å²) in [5.74, 6) is -2.39. The third kappa shape index (κ3) is 3.89. The molecule has 27 heavy (non-hydrogen) atoms. The fraction of sp³-hybridized carbons (Fsp3) is 0.211. The number of hydrogen-bond donors (Lipinski definition) is 2. The number of urea groups is 1. The smallest absolute Gasteiger partial charge is 0.328 e. The molecule has 140 valence electrons. The summed E-state index contributed by atoms with van der Waals surface area (Å²) in [7, 11) is 0. The normalized spacial score (nSPS) is 16.7. The van der Waals surface area contributed by atoms with Crippen LogP contribution in [0.3, 0.4) is 0 Å². The quantitative estimate of drug-likeness (QED) is 0.791. The Morgan fingerprint density at radius 3 is 2.63 bits per heavy atom. The fourth-order valence-electron chi connectivity index (χ4n) is 2.72. The maximum absolute atomic E-state index is 13.1. The van der Waals surface area contributed by atoms with E-state index >= 15 is 0 Å². The molecule has 8 heteroatoms. The highest BCUT2D eigenvalue weighted by molar-refractivity contribution is 6.23. The van der Waals surface area contributed by atoms with Crippen LogP contribution in [-0.4, -0.2) is 31.0 Å². The van der Waals surface area contributed by atoms with Gasteiger partial charge in [-0.05, 0) is 43.3 Å². The van der Waals surface area contributed by atoms with Gasteiger partial charge in [-0.15, -0.1) is 0 Å². The highest BCUT2D eigenvalue weighted by Crippen LogP contribution is 2.26. The van der Waals surface area contributed by atoms with Gasteiger partial charge in [-0.1, -0.05) is 12.1 Å². The van der Waals surface area contributed by atoms with E-state index in [4.69, 9.17) is 4.74 Å². The molecule has 1 heterocycles. The van der Waals surface area contributed by atoms with Crippen molar-refractivity contribution >= 4 is 29.2 Å². The van der Waals surface area contributed by atoms with E-state index in [2.05, 4.69) is 10.6 Å². The van der Waals surface area contributed by atoms with Gasteiger partial charge in [-0.2, -0.15) is 0 Å². The van der Waals surface area contributed by atoms with Crippen LogP contribution in [-0.2, 0) is 9.59 Å². The maximum atomic E-state index is 13.1. The monoisotopic (exact) mass is 371 g/mol. The van der Waals surface area contributed by atoms with E-state index in [1.807, 2.05) is 6.92 Å². The summed E-state index contributed by atoms with van der Waals surface area (Å²) in [6, 6.07) is 11.1. The Morgan fingerprint density at radius 1 is 1.22 bits per heavy atom. The molecule has 2 aromatic rings. The van der Waals surface area contributed by atoms with E-state index in [1.54, 1.807) is 24.3 Å². The lowest BCUT2D eigenvalue weighted by molar-refractivity contribution is -0.130. The third-order valence-corrected chi connectivity index (χ3v) is 4.03. The zero-order valence-electron chi connectivity index (χ0n) is 14.6. The molecule has 1 unspecified atom stereocenters. The van der Waals surface area contributed by atoms with E-state index < -0.39 is 29.6 Å². The second kappa shape index (κ2) is 7.86. The topological polar surface area (TPSA) is 87.7 Å². The first kappa shape index (κ1) is 18.4. The first-order valence-corrected chi connectivity index (χ1v) is 8.41. The summed E-state index contributed by atoms with van der Waals surface area (Å²) in [6.45, 7) is 2.11. The van der Waals surface area contributed by atoms with Crippen LogP contribution in [0, 0.1) is 11.7 Å². The molecule has 4 amide bonds. The van der Waals surface area contributed by atoms with Crippen molar-refractivity contribution in [3.05, 3.63) is 54.3 Å². The molecule has 1 aliphatic heterocycles. The first-order valence-electron chi connectivity index (χ1n) is 8.41. The minimum Gasteiger partial charge on any atom is -0.492 e. The van der Waals surface area contributed by atoms with Crippen molar-refractivity contribution in [2.24, 2.45) is 5.92 Å². The van der Waals surface area contributed by atoms with Gasteiger partial charge in [0.1, 0.15) is 17.5 Å². The molecule has 0 aliphatic carbocycles. The number of nitrogens with zero attached hydrogens (tertiary/aromatic N) is 1. The number of carbonyl (C=O) groups is 3. The second-order valence-electron chi connectivity index (χ2n) is 5.81. The van der Waals surface area contributed by atoms with Crippen LogP contribution in [0.25, 0.3) is 0 Å². The molecule has 0 bridgehead atoms. The maximum Gasteiger partial charge on any atom is 0.328 e. The molecule has 2 aromatic carbocycles. The summed E-state index contributed by atoms with van der Waals surface area (Å²) >= 11 is 0. The first-order chi connectivity index (χ1) is 13.0. The van der Waals surface area contributed by atoms with Crippen molar-refractivity contribution in [3.8, 4) is 5.75 Å². The number of amides is 4. The van der Waals surface area contributed by atoms with Crippen molar-refractivity contribution in [1.29, 1.82) is 0 Å². The number of benzene rings is 2. The fourth-order valence-corrected chi connectivity index (χ4v) is 2.72. The number of carbonyl (C=O) groups excluding carboxylic acids is 3. The van der Waals surface area contributed by atoms with Crippen LogP contribution in [0.1, 0.15) is 6.92 Å². The highest BCUT2D eigenvalue weighted by Gasteiger charge is 2.39. The van der Waals surface area contributed by atoms with Crippen molar-refractivity contribution in [3.63, 3.8) is 0 Å². The predicted molar refractivity (Wildman–Crippen MR) is 97.0 cm³/mol. The Hall–Kier alpha value is -3.42. The Bertz CT molecular complexity index is 870. The Morgan fingerprint density at radius 2 is 1.93 bits per heavy atom. The lowest BCUT2D eigenvalue weighted by Crippen LogP contribution is -2.58. The number of anilines is 2. The standard InChI is InChI=1S/C19H18FN3O4/c1-2-27-16-6-4-3-5-15(16)22-17(24)14-11-21-19(26)23(18(14)25)13-9-7-12(20)8-10-13/h3-10,14H,2,11H2,1H3,(H,21,26)(H,22,24). The molecule has 7 nitrogen and oxygen atoms in total. The zero-order valence-corrected chi connectivity index (χ0v) is 14.6. The molecule has 2 N–H and O–H groups in total. The van der Waals surface area contributed by atoms with Gasteiger partial charge in [0.15, 0.2) is 0 Å². The number of nitrogens with one attached hydrogen (secondary N) is 2. The molecule has 1 saturated heterocycles. The van der Waals surface area contributed by atoms with Crippen molar-refractivity contribution in [2.45, 2.75) is 6.92 Å². The molecule has 1 atom stereocenters. The van der Waals surface area contributed by atoms with E-state index in [0.29, 0.717) is 18.0 Å². The van der Waals surface area contributed by atoms with E-state index in [0.717, 1.165) is 17.0 Å². The second-order valence-corrected chi connectivity index (χ2v) is 5.81. The third-order valence-electron chi connectivity index (χ3n) is 4.03. The van der Waals surface area contributed by atoms with Gasteiger partial charge in [0, 0.05) is 6.54 Å². The zero-order chi connectivity index (χ0) is 19.4. The molecular formula is C19H18FN3O4. The number of imide groups is 1. The molecule has 0 saturated carbocycles. The average Bonchev–Trinajstić information content (AvgIpc) is 2.65. The Kier molecular flexibility index (Phi) is 5.35. The molecule has 1 aliphatic rings. The van der Waals surface area contributed by atoms with E-state index in [-0.39, 0.29) is 12.2 Å². The Labute approximate surface area is 155 Å². The van der Waals surface area contributed by atoms with Crippen LogP contribution in [0.2, 0.25) is 0 Å². The van der Waals surface area contributed by atoms with Crippen LogP contribution < -0.4 is 20.3 Å². The molecule has 1 fully saturated rings. The summed E-state index contributed by atoms with van der Waals surface area (Å²) in [4.78, 5) is 38.3. The van der Waals surface area contributed by atoms with Crippen LogP contribution in [0.5, 0.6) is 5.75 Å². The summed E-state index contributed by atoms with van der Waals surface area (Å²) < 4.78 is 18.6. The van der Waals surface area contributed by atoms with Gasteiger partial charge in [0.2, 0.25) is 11.8 Å². The number of rotatable bonds is 5. The van der Waals surface area contributed by atoms with Crippen LogP contribution in [0.15, 0.2) is 48.5 Å². The predicted octanol–water partition coefficient (Wildman–Crippen LogP) is 2.54. The molecule has 0 aromatic heterocycles. The van der Waals surface area contributed by atoms with Crippen molar-refractivity contribution in [2.75, 3.05) is 23.4 Å². The summed E-state index contributed by atoms with van der Waals surface area (Å²) in [5.41, 5.74) is 0.619. The number of halogens is 1. The molecule has 3 rings (SSSR count). The number of hydrogen-bond acceptors (Lipinski definition) is 4. The molecule has 0 spiro atoms. The van der Waals surface area contributed by atoms with Gasteiger partial charge in [-0.3, -0.25) is 9.59 Å². The SMILES string of the molecule is CCOc1ccccc1NC(=O)C1CNC(=O)N(c2ccc(F)cc2)C1=O. The molecular weight excluding hydrogens is 353 g/mol. The van der Waals surface area contributed by atoms with Crippen LogP contribution >= 0.6 is 0 Å². The van der Waals surface area contributed by atoms with Crippen LogP contribution in [0.4, 0.5) is 20.6 Å². The minimum absolute atomic E-state index is 0.127. The lowest BCUT2D eigenvalue weighted by Gasteiger charge is -2.30. The summed E-state index contributed by atoms with van der Waals surface area (Å²) in [5, 5.41) is 5.18. The van der Waals surface area contributed by atoms with Gasteiger partial charge in [0.25, 0.3) is 0 Å². The number of ether oxygens (including phenoxy) is 1. The average molecular weight is 371 g/mol. The van der Waals surface area contributed by atoms with Gasteiger partial charge in [-0.25, -0.2) is 14.1 Å². The van der Waals surface area contributed by atoms with Gasteiger partial charge >= 0.3 is 6.03 Å². The lowest BCUT2D eigenvalue weighted by atomic mass is 10.0. The van der Waals surface area contributed by atoms with E-state index in [1.165, 1.54) is 12.1 Å². The largest absolute Gasteiger partial charge is 0.492 e. The molecule has 0 radical (unpaired) electrons. The van der Waals surface area contributed by atoms with Crippen molar-refractivity contribution in [1.82, 2.24) is 5.32 Å². The highest BCUT2D eigenvalue weighted by atomic mass is 19.1. The van der Waals surface area contributed by atoms with E-state index in [9.17, 15) is 18.8 Å². The van der Waals surface area contributed by atoms with Crippen molar-refractivity contribution < 1.29 is 23.5 Å². The Balaban J connectivity index is 1.80. The van der Waals surface area contributed by atoms with Gasteiger partial charge < -0.3 is 15.4 Å². The minimum atomic E-state index is -1.12.